The van der Waals surface area contributed by atoms with Crippen LogP contribution in [0, 0.1) is 6.92 Å². The number of hydrogen-bond donors (Lipinski definition) is 2. The molecule has 5 nitrogen and oxygen atoms in total. The van der Waals surface area contributed by atoms with Crippen molar-refractivity contribution < 1.29 is 8.95 Å². The Morgan fingerprint density at radius 2 is 2.00 bits per heavy atom. The fourth-order valence-electron chi connectivity index (χ4n) is 2.31. The highest BCUT2D eigenvalue weighted by molar-refractivity contribution is 7.86. The van der Waals surface area contributed by atoms with E-state index in [-0.39, 0.29) is 4.75 Å². The Morgan fingerprint density at radius 1 is 1.28 bits per heavy atom. The van der Waals surface area contributed by atoms with Gasteiger partial charge >= 0.3 is 0 Å². The lowest BCUT2D eigenvalue weighted by molar-refractivity contribution is 0.409. The maximum Gasteiger partial charge on any atom is 0.191 e. The Labute approximate surface area is 155 Å². The zero-order valence-corrected chi connectivity index (χ0v) is 17.3. The van der Waals surface area contributed by atoms with Crippen molar-refractivity contribution in [2.45, 2.75) is 45.8 Å². The number of nitrogens with one attached hydrogen (secondary N) is 2. The number of aliphatic imine (C=N–C) groups is 1. The molecular formula is C19H33N3O2S. The smallest absolute Gasteiger partial charge is 0.191 e. The Balaban J connectivity index is 2.57. The number of aryl methyl sites for hydroxylation is 1. The highest BCUT2D eigenvalue weighted by Gasteiger charge is 2.18. The molecule has 25 heavy (non-hydrogen) atoms. The van der Waals surface area contributed by atoms with Crippen LogP contribution < -0.4 is 15.4 Å². The first-order valence-corrected chi connectivity index (χ1v) is 10.1. The molecule has 0 heterocycles. The van der Waals surface area contributed by atoms with E-state index in [0.717, 1.165) is 31.2 Å². The summed E-state index contributed by atoms with van der Waals surface area (Å²) in [6.07, 6.45) is 0.850. The molecule has 1 rings (SSSR count). The van der Waals surface area contributed by atoms with Gasteiger partial charge in [0, 0.05) is 34.4 Å². The largest absolute Gasteiger partial charge is 0.496 e. The molecule has 1 aromatic rings. The lowest BCUT2D eigenvalue weighted by Gasteiger charge is -2.17. The van der Waals surface area contributed by atoms with E-state index in [1.807, 2.05) is 33.8 Å². The van der Waals surface area contributed by atoms with Crippen LogP contribution in [0.2, 0.25) is 0 Å². The van der Waals surface area contributed by atoms with Crippen molar-refractivity contribution in [1.82, 2.24) is 10.6 Å². The second-order valence-corrected chi connectivity index (χ2v) is 9.24. The van der Waals surface area contributed by atoms with Crippen molar-refractivity contribution in [3.05, 3.63) is 29.3 Å². The predicted molar refractivity (Wildman–Crippen MR) is 108 cm³/mol. The number of nitrogens with zero attached hydrogens (tertiary/aromatic N) is 1. The summed E-state index contributed by atoms with van der Waals surface area (Å²) in [5, 5.41) is 6.57. The standard InChI is InChI=1S/C19H33N3O2S/c1-7-20-18(22-12-13-25(23)19(3,4)5)21-11-10-16-14-15(2)8-9-17(16)24-6/h8-9,14H,7,10-13H2,1-6H3,(H2,20,21,22). The molecule has 0 bridgehead atoms. The van der Waals surface area contributed by atoms with Gasteiger partial charge in [-0.3, -0.25) is 9.20 Å². The summed E-state index contributed by atoms with van der Waals surface area (Å²) in [6, 6.07) is 6.21. The Morgan fingerprint density at radius 3 is 2.60 bits per heavy atom. The Kier molecular flexibility index (Phi) is 8.97. The minimum Gasteiger partial charge on any atom is -0.496 e. The molecule has 6 heteroatoms. The summed E-state index contributed by atoms with van der Waals surface area (Å²) in [7, 11) is 0.818. The third-order valence-electron chi connectivity index (χ3n) is 3.70. The van der Waals surface area contributed by atoms with Gasteiger partial charge in [0.1, 0.15) is 5.75 Å². The molecule has 0 amide bonds. The van der Waals surface area contributed by atoms with E-state index in [0.29, 0.717) is 12.3 Å². The summed E-state index contributed by atoms with van der Waals surface area (Å²) in [5.74, 6) is 2.25. The topological polar surface area (TPSA) is 62.7 Å². The molecule has 0 aliphatic heterocycles. The van der Waals surface area contributed by atoms with Crippen LogP contribution in [0.3, 0.4) is 0 Å². The molecule has 1 unspecified atom stereocenters. The lowest BCUT2D eigenvalue weighted by atomic mass is 10.1. The molecule has 0 aliphatic rings. The van der Waals surface area contributed by atoms with Crippen LogP contribution in [0.1, 0.15) is 38.8 Å². The van der Waals surface area contributed by atoms with Gasteiger partial charge in [-0.05, 0) is 52.7 Å². The molecule has 142 valence electrons. The predicted octanol–water partition coefficient (Wildman–Crippen LogP) is 2.65. The normalized spacial score (nSPS) is 13.4. The summed E-state index contributed by atoms with van der Waals surface area (Å²) in [4.78, 5) is 4.53. The van der Waals surface area contributed by atoms with Gasteiger partial charge in [0.05, 0.1) is 13.7 Å². The average Bonchev–Trinajstić information content (AvgIpc) is 2.54. The first-order valence-electron chi connectivity index (χ1n) is 8.82. The molecule has 0 saturated heterocycles. The maximum absolute atomic E-state index is 12.1. The van der Waals surface area contributed by atoms with Gasteiger partial charge in [0.15, 0.2) is 5.96 Å². The van der Waals surface area contributed by atoms with Crippen molar-refractivity contribution in [3.63, 3.8) is 0 Å². The second kappa shape index (κ2) is 10.4. The van der Waals surface area contributed by atoms with Crippen LogP contribution >= 0.6 is 0 Å². The first kappa shape index (κ1) is 21.5. The van der Waals surface area contributed by atoms with Gasteiger partial charge in [-0.2, -0.15) is 0 Å². The molecule has 1 aromatic carbocycles. The molecule has 0 fully saturated rings. The monoisotopic (exact) mass is 367 g/mol. The fourth-order valence-corrected chi connectivity index (χ4v) is 3.18. The van der Waals surface area contributed by atoms with Crippen molar-refractivity contribution in [1.29, 1.82) is 0 Å². The summed E-state index contributed by atoms with van der Waals surface area (Å²) in [6.45, 7) is 12.2. The van der Waals surface area contributed by atoms with Gasteiger partial charge in [-0.15, -0.1) is 0 Å². The lowest BCUT2D eigenvalue weighted by Crippen LogP contribution is -2.38. The van der Waals surface area contributed by atoms with Crippen molar-refractivity contribution in [3.8, 4) is 5.75 Å². The van der Waals surface area contributed by atoms with Crippen molar-refractivity contribution >= 4 is 16.8 Å². The zero-order chi connectivity index (χ0) is 18.9. The second-order valence-electron chi connectivity index (χ2n) is 6.91. The molecule has 0 aromatic heterocycles. The Bertz CT molecular complexity index is 595. The minimum atomic E-state index is -0.879. The van der Waals surface area contributed by atoms with Crippen LogP contribution in [-0.2, 0) is 17.2 Å². The third-order valence-corrected chi connectivity index (χ3v) is 5.62. The molecule has 0 saturated carbocycles. The summed E-state index contributed by atoms with van der Waals surface area (Å²) in [5.41, 5.74) is 2.40. The average molecular weight is 368 g/mol. The van der Waals surface area contributed by atoms with E-state index in [1.54, 1.807) is 7.11 Å². The highest BCUT2D eigenvalue weighted by atomic mass is 32.2. The van der Waals surface area contributed by atoms with Gasteiger partial charge in [-0.25, -0.2) is 0 Å². The van der Waals surface area contributed by atoms with Gasteiger partial charge < -0.3 is 15.4 Å². The molecule has 0 radical (unpaired) electrons. The van der Waals surface area contributed by atoms with E-state index < -0.39 is 10.8 Å². The molecule has 1 atom stereocenters. The number of hydrogen-bond acceptors (Lipinski definition) is 3. The zero-order valence-electron chi connectivity index (χ0n) is 16.4. The fraction of sp³-hybridized carbons (Fsp3) is 0.632. The van der Waals surface area contributed by atoms with Crippen molar-refractivity contribution in [2.75, 3.05) is 32.5 Å². The first-order chi connectivity index (χ1) is 11.8. The number of ether oxygens (including phenoxy) is 1. The Hall–Kier alpha value is -1.56. The quantitative estimate of drug-likeness (QED) is 0.548. The van der Waals surface area contributed by atoms with Gasteiger partial charge in [-0.1, -0.05) is 17.7 Å². The number of methoxy groups -OCH3 is 1. The number of rotatable bonds is 8. The van der Waals surface area contributed by atoms with E-state index >= 15 is 0 Å². The minimum absolute atomic E-state index is 0.191. The molecule has 0 spiro atoms. The van der Waals surface area contributed by atoms with Gasteiger partial charge in [0.2, 0.25) is 0 Å². The van der Waals surface area contributed by atoms with Crippen LogP contribution in [0.15, 0.2) is 23.2 Å². The number of benzene rings is 1. The highest BCUT2D eigenvalue weighted by Crippen LogP contribution is 2.19. The molecule has 0 aliphatic carbocycles. The van der Waals surface area contributed by atoms with E-state index in [9.17, 15) is 4.21 Å². The summed E-state index contributed by atoms with van der Waals surface area (Å²) < 4.78 is 17.3. The molecule has 2 N–H and O–H groups in total. The summed E-state index contributed by atoms with van der Waals surface area (Å²) >= 11 is 0. The van der Waals surface area contributed by atoms with Crippen LogP contribution in [0.5, 0.6) is 5.75 Å². The number of guanidine groups is 1. The van der Waals surface area contributed by atoms with E-state index in [1.165, 1.54) is 11.1 Å². The third kappa shape index (κ3) is 7.90. The maximum atomic E-state index is 12.1. The van der Waals surface area contributed by atoms with E-state index in [4.69, 9.17) is 4.74 Å². The van der Waals surface area contributed by atoms with Crippen LogP contribution in [0.25, 0.3) is 0 Å². The van der Waals surface area contributed by atoms with Crippen LogP contribution in [0.4, 0.5) is 0 Å². The van der Waals surface area contributed by atoms with Gasteiger partial charge in [0.25, 0.3) is 0 Å². The van der Waals surface area contributed by atoms with Crippen LogP contribution in [-0.4, -0.2) is 47.4 Å². The van der Waals surface area contributed by atoms with Crippen molar-refractivity contribution in [2.24, 2.45) is 4.99 Å². The van der Waals surface area contributed by atoms with E-state index in [2.05, 4.69) is 34.7 Å². The molecular weight excluding hydrogens is 334 g/mol. The SMILES string of the molecule is CCNC(=NCCS(=O)C(C)(C)C)NCCc1cc(C)ccc1OC.